The van der Waals surface area contributed by atoms with E-state index in [1.807, 2.05) is 0 Å². The molecule has 0 aliphatic carbocycles. The van der Waals surface area contributed by atoms with Crippen molar-refractivity contribution in [2.24, 2.45) is 11.7 Å². The molecule has 0 aromatic rings. The van der Waals surface area contributed by atoms with Gasteiger partial charge < -0.3 is 10.6 Å². The highest BCUT2D eigenvalue weighted by Crippen LogP contribution is 2.04. The maximum Gasteiger partial charge on any atom is 0.00134 e. The summed E-state index contributed by atoms with van der Waals surface area (Å²) in [5.41, 5.74) is 5.65. The van der Waals surface area contributed by atoms with Crippen molar-refractivity contribution in [1.82, 2.24) is 4.90 Å². The Kier molecular flexibility index (Phi) is 4.65. The van der Waals surface area contributed by atoms with Crippen molar-refractivity contribution in [1.29, 1.82) is 0 Å². The van der Waals surface area contributed by atoms with Crippen LogP contribution in [0.1, 0.15) is 20.3 Å². The van der Waals surface area contributed by atoms with Gasteiger partial charge in [0.2, 0.25) is 0 Å². The predicted octanol–water partition coefficient (Wildman–Crippen LogP) is 0.921. The Labute approximate surface area is 64.4 Å². The second-order valence-electron chi connectivity index (χ2n) is 3.58. The molecule has 0 saturated carbocycles. The van der Waals surface area contributed by atoms with Crippen LogP contribution in [0.5, 0.6) is 0 Å². The zero-order valence-electron chi connectivity index (χ0n) is 7.59. The normalized spacial score (nSPS) is 17.4. The maximum atomic E-state index is 5.65. The van der Waals surface area contributed by atoms with E-state index in [1.165, 1.54) is 0 Å². The van der Waals surface area contributed by atoms with Crippen LogP contribution in [0.2, 0.25) is 0 Å². The molecule has 0 heterocycles. The first-order chi connectivity index (χ1) is 4.52. The Balaban J connectivity index is 3.34. The highest BCUT2D eigenvalue weighted by molar-refractivity contribution is 4.62. The quantitative estimate of drug-likeness (QED) is 0.636. The van der Waals surface area contributed by atoms with E-state index >= 15 is 0 Å². The molecule has 0 aromatic heterocycles. The Bertz CT molecular complexity index is 69.3. The molecule has 2 N–H and O–H groups in total. The molecule has 2 nitrogen and oxygen atoms in total. The van der Waals surface area contributed by atoms with Gasteiger partial charge in [0.15, 0.2) is 0 Å². The molecule has 0 saturated heterocycles. The molecule has 0 bridgehead atoms. The van der Waals surface area contributed by atoms with Crippen LogP contribution < -0.4 is 5.73 Å². The largest absolute Gasteiger partial charge is 0.328 e. The molecular formula is C8H20N2. The van der Waals surface area contributed by atoms with Gasteiger partial charge in [-0.25, -0.2) is 0 Å². The summed E-state index contributed by atoms with van der Waals surface area (Å²) < 4.78 is 0. The van der Waals surface area contributed by atoms with Gasteiger partial charge in [0.1, 0.15) is 0 Å². The monoisotopic (exact) mass is 144 g/mol. The van der Waals surface area contributed by atoms with Crippen molar-refractivity contribution in [2.45, 2.75) is 26.3 Å². The molecule has 2 atom stereocenters. The van der Waals surface area contributed by atoms with Crippen LogP contribution in [0.25, 0.3) is 0 Å². The third-order valence-corrected chi connectivity index (χ3v) is 1.45. The van der Waals surface area contributed by atoms with Crippen LogP contribution >= 0.6 is 0 Å². The lowest BCUT2D eigenvalue weighted by Gasteiger charge is -2.18. The van der Waals surface area contributed by atoms with Crippen molar-refractivity contribution < 1.29 is 0 Å². The number of rotatable bonds is 4. The standard InChI is InChI=1S/C8H20N2/c1-7(5-8(2)9)6-10(3)4/h7-8H,5-6,9H2,1-4H3. The first-order valence-corrected chi connectivity index (χ1v) is 3.92. The smallest absolute Gasteiger partial charge is 0.00134 e. The molecule has 0 aromatic carbocycles. The molecule has 2 heteroatoms. The Hall–Kier alpha value is -0.0800. The van der Waals surface area contributed by atoms with Gasteiger partial charge in [-0.3, -0.25) is 0 Å². The number of hydrogen-bond donors (Lipinski definition) is 1. The van der Waals surface area contributed by atoms with Gasteiger partial charge >= 0.3 is 0 Å². The summed E-state index contributed by atoms with van der Waals surface area (Å²) in [6.07, 6.45) is 1.12. The first-order valence-electron chi connectivity index (χ1n) is 3.92. The van der Waals surface area contributed by atoms with E-state index in [4.69, 9.17) is 5.73 Å². The summed E-state index contributed by atoms with van der Waals surface area (Å²) in [5, 5.41) is 0. The number of nitrogens with two attached hydrogens (primary N) is 1. The second kappa shape index (κ2) is 4.69. The van der Waals surface area contributed by atoms with Crippen molar-refractivity contribution in [2.75, 3.05) is 20.6 Å². The lowest BCUT2D eigenvalue weighted by molar-refractivity contribution is 0.318. The highest BCUT2D eigenvalue weighted by Gasteiger charge is 2.05. The van der Waals surface area contributed by atoms with E-state index < -0.39 is 0 Å². The zero-order chi connectivity index (χ0) is 8.15. The average Bonchev–Trinajstić information content (AvgIpc) is 1.58. The molecule has 0 rings (SSSR count). The second-order valence-corrected chi connectivity index (χ2v) is 3.58. The first kappa shape index (κ1) is 9.92. The molecule has 0 aliphatic heterocycles. The van der Waals surface area contributed by atoms with Gasteiger partial charge in [-0.05, 0) is 33.4 Å². The van der Waals surface area contributed by atoms with Crippen molar-refractivity contribution in [3.63, 3.8) is 0 Å². The molecular weight excluding hydrogens is 124 g/mol. The van der Waals surface area contributed by atoms with Crippen molar-refractivity contribution in [3.8, 4) is 0 Å². The van der Waals surface area contributed by atoms with Crippen molar-refractivity contribution in [3.05, 3.63) is 0 Å². The van der Waals surface area contributed by atoms with Gasteiger partial charge in [0.25, 0.3) is 0 Å². The van der Waals surface area contributed by atoms with Gasteiger partial charge in [-0.2, -0.15) is 0 Å². The summed E-state index contributed by atoms with van der Waals surface area (Å²) in [6, 6.07) is 0.343. The minimum atomic E-state index is 0.343. The van der Waals surface area contributed by atoms with E-state index in [0.717, 1.165) is 18.9 Å². The summed E-state index contributed by atoms with van der Waals surface area (Å²) in [4.78, 5) is 2.20. The topological polar surface area (TPSA) is 29.3 Å². The van der Waals surface area contributed by atoms with E-state index in [0.29, 0.717) is 6.04 Å². The van der Waals surface area contributed by atoms with Crippen LogP contribution in [0.3, 0.4) is 0 Å². The van der Waals surface area contributed by atoms with Crippen LogP contribution in [0.15, 0.2) is 0 Å². The van der Waals surface area contributed by atoms with Crippen LogP contribution in [-0.4, -0.2) is 31.6 Å². The minimum absolute atomic E-state index is 0.343. The minimum Gasteiger partial charge on any atom is -0.328 e. The van der Waals surface area contributed by atoms with Gasteiger partial charge in [0, 0.05) is 12.6 Å². The fourth-order valence-corrected chi connectivity index (χ4v) is 1.33. The van der Waals surface area contributed by atoms with Crippen LogP contribution in [-0.2, 0) is 0 Å². The molecule has 10 heavy (non-hydrogen) atoms. The summed E-state index contributed by atoms with van der Waals surface area (Å²) in [5.74, 6) is 0.718. The third kappa shape index (κ3) is 6.05. The molecule has 62 valence electrons. The van der Waals surface area contributed by atoms with Crippen molar-refractivity contribution >= 4 is 0 Å². The molecule has 0 amide bonds. The predicted molar refractivity (Wildman–Crippen MR) is 46.0 cm³/mol. The van der Waals surface area contributed by atoms with Gasteiger partial charge in [-0.1, -0.05) is 6.92 Å². The molecule has 0 aliphatic rings. The number of nitrogens with zero attached hydrogens (tertiary/aromatic N) is 1. The molecule has 0 spiro atoms. The third-order valence-electron chi connectivity index (χ3n) is 1.45. The molecule has 0 fully saturated rings. The number of hydrogen-bond acceptors (Lipinski definition) is 2. The lowest BCUT2D eigenvalue weighted by atomic mass is 10.0. The lowest BCUT2D eigenvalue weighted by Crippen LogP contribution is -2.25. The average molecular weight is 144 g/mol. The Morgan fingerprint density at radius 3 is 2.10 bits per heavy atom. The highest BCUT2D eigenvalue weighted by atomic mass is 15.1. The van der Waals surface area contributed by atoms with Crippen LogP contribution in [0.4, 0.5) is 0 Å². The van der Waals surface area contributed by atoms with E-state index in [2.05, 4.69) is 32.8 Å². The zero-order valence-corrected chi connectivity index (χ0v) is 7.59. The fraction of sp³-hybridized carbons (Fsp3) is 1.00. The Morgan fingerprint density at radius 1 is 1.30 bits per heavy atom. The SMILES string of the molecule is CC(N)CC(C)CN(C)C. The summed E-state index contributed by atoms with van der Waals surface area (Å²) in [6.45, 7) is 5.44. The Morgan fingerprint density at radius 2 is 1.80 bits per heavy atom. The fourth-order valence-electron chi connectivity index (χ4n) is 1.33. The van der Waals surface area contributed by atoms with Gasteiger partial charge in [-0.15, -0.1) is 0 Å². The molecule has 0 radical (unpaired) electrons. The van der Waals surface area contributed by atoms with E-state index in [-0.39, 0.29) is 0 Å². The maximum absolute atomic E-state index is 5.65. The molecule has 2 unspecified atom stereocenters. The summed E-state index contributed by atoms with van der Waals surface area (Å²) >= 11 is 0. The van der Waals surface area contributed by atoms with E-state index in [9.17, 15) is 0 Å². The van der Waals surface area contributed by atoms with Gasteiger partial charge in [0.05, 0.1) is 0 Å². The van der Waals surface area contributed by atoms with Crippen LogP contribution in [0, 0.1) is 5.92 Å². The summed E-state index contributed by atoms with van der Waals surface area (Å²) in [7, 11) is 4.19. The van der Waals surface area contributed by atoms with E-state index in [1.54, 1.807) is 0 Å².